The highest BCUT2D eigenvalue weighted by Gasteiger charge is 2.65. The molecule has 0 unspecified atom stereocenters. The molecule has 0 radical (unpaired) electrons. The fourth-order valence-corrected chi connectivity index (χ4v) is 6.70. The molecular weight excluding hydrogens is 432 g/mol. The summed E-state index contributed by atoms with van der Waals surface area (Å²) in [6.07, 6.45) is 3.04. The van der Waals surface area contributed by atoms with Gasteiger partial charge in [0.25, 0.3) is 0 Å². The molecule has 4 fully saturated rings. The quantitative estimate of drug-likeness (QED) is 0.705. The van der Waals surface area contributed by atoms with Crippen molar-refractivity contribution < 1.29 is 24.2 Å². The molecule has 0 atom stereocenters. The maximum Gasteiger partial charge on any atom is 0.408 e. The first-order valence-electron chi connectivity index (χ1n) is 12.1. The van der Waals surface area contributed by atoms with Gasteiger partial charge in [0.1, 0.15) is 17.7 Å². The van der Waals surface area contributed by atoms with Gasteiger partial charge in [0.2, 0.25) is 5.91 Å². The topological polar surface area (TPSA) is 95.9 Å². The number of nitrogens with one attached hydrogen (secondary N) is 1. The molecule has 0 spiro atoms. The Hall–Kier alpha value is -3.35. The number of hydrogen-bond donors (Lipinski definition) is 2. The molecule has 2 heterocycles. The van der Waals surface area contributed by atoms with Crippen LogP contribution in [0.5, 0.6) is 0 Å². The number of carboxylic acid groups (broad SMARTS) is 1. The molecule has 0 aromatic heterocycles. The zero-order chi connectivity index (χ0) is 23.5. The highest BCUT2D eigenvalue weighted by molar-refractivity contribution is 5.96. The van der Waals surface area contributed by atoms with Crippen molar-refractivity contribution in [3.05, 3.63) is 59.7 Å². The first-order chi connectivity index (χ1) is 16.4. The van der Waals surface area contributed by atoms with E-state index in [1.165, 1.54) is 4.90 Å². The number of carboxylic acids is 1. The van der Waals surface area contributed by atoms with Gasteiger partial charge in [-0.2, -0.15) is 0 Å². The Morgan fingerprint density at radius 3 is 2.15 bits per heavy atom. The summed E-state index contributed by atoms with van der Waals surface area (Å²) in [4.78, 5) is 40.1. The predicted molar refractivity (Wildman–Crippen MR) is 124 cm³/mol. The van der Waals surface area contributed by atoms with Gasteiger partial charge in [0.05, 0.1) is 0 Å². The SMILES string of the molecule is O=C(NC1(C(=O)N2CC3CC2(C(=O)O)C3)CCCC1)OCC1c2ccccc2-c2ccccc21. The van der Waals surface area contributed by atoms with Gasteiger partial charge in [-0.15, -0.1) is 0 Å². The number of alkyl carbamates (subject to hydrolysis) is 1. The molecule has 2 saturated carbocycles. The fraction of sp³-hybridized carbons (Fsp3) is 0.444. The number of carbonyl (C=O) groups excluding carboxylic acids is 2. The molecule has 2 aliphatic heterocycles. The van der Waals surface area contributed by atoms with Gasteiger partial charge in [-0.3, -0.25) is 4.79 Å². The highest BCUT2D eigenvalue weighted by Crippen LogP contribution is 2.52. The Morgan fingerprint density at radius 2 is 1.56 bits per heavy atom. The van der Waals surface area contributed by atoms with Crippen molar-refractivity contribution in [2.24, 2.45) is 5.92 Å². The highest BCUT2D eigenvalue weighted by atomic mass is 16.5. The first-order valence-corrected chi connectivity index (χ1v) is 12.1. The summed E-state index contributed by atoms with van der Waals surface area (Å²) in [6, 6.07) is 16.3. The number of hydrogen-bond acceptors (Lipinski definition) is 4. The van der Waals surface area contributed by atoms with Gasteiger partial charge in [-0.25, -0.2) is 9.59 Å². The number of rotatable bonds is 5. The second kappa shape index (κ2) is 7.58. The van der Waals surface area contributed by atoms with Gasteiger partial charge in [-0.05, 0) is 53.9 Å². The summed E-state index contributed by atoms with van der Waals surface area (Å²) in [5.74, 6) is -1.02. The molecule has 7 rings (SSSR count). The van der Waals surface area contributed by atoms with Crippen LogP contribution in [-0.4, -0.2) is 52.2 Å². The molecule has 34 heavy (non-hydrogen) atoms. The molecule has 7 nitrogen and oxygen atoms in total. The summed E-state index contributed by atoms with van der Waals surface area (Å²) in [7, 11) is 0. The Kier molecular flexibility index (Phi) is 4.73. The number of fused-ring (bicyclic) bond motifs is 4. The van der Waals surface area contributed by atoms with Crippen LogP contribution in [0.4, 0.5) is 4.79 Å². The predicted octanol–water partition coefficient (Wildman–Crippen LogP) is 3.91. The Morgan fingerprint density at radius 1 is 0.971 bits per heavy atom. The lowest BCUT2D eigenvalue weighted by Gasteiger charge is -2.41. The number of aliphatic carboxylic acids is 1. The molecule has 5 aliphatic rings. The van der Waals surface area contributed by atoms with E-state index in [0.717, 1.165) is 35.1 Å². The Bertz CT molecular complexity index is 1130. The summed E-state index contributed by atoms with van der Waals surface area (Å²) in [5, 5.41) is 12.7. The van der Waals surface area contributed by atoms with E-state index in [9.17, 15) is 19.5 Å². The largest absolute Gasteiger partial charge is 0.479 e. The van der Waals surface area contributed by atoms with E-state index in [4.69, 9.17) is 4.74 Å². The standard InChI is InChI=1S/C27H28N2O5/c30-23(29-15-17-13-27(29,14-17)24(31)32)26(11-5-6-12-26)28-25(33)34-16-22-20-9-3-1-7-18(20)19-8-2-4-10-21(19)22/h1-4,7-10,17,22H,5-6,11-16H2,(H,28,33)(H,31,32). The molecule has 2 amide bonds. The van der Waals surface area contributed by atoms with Crippen molar-refractivity contribution in [1.82, 2.24) is 10.2 Å². The van der Waals surface area contributed by atoms with Gasteiger partial charge >= 0.3 is 12.1 Å². The molecule has 2 bridgehead atoms. The Labute approximate surface area is 198 Å². The zero-order valence-corrected chi connectivity index (χ0v) is 19.0. The summed E-state index contributed by atoms with van der Waals surface area (Å²) < 4.78 is 5.71. The molecular formula is C27H28N2O5. The number of ether oxygens (including phenoxy) is 1. The van der Waals surface area contributed by atoms with Crippen molar-refractivity contribution in [1.29, 1.82) is 0 Å². The third kappa shape index (κ3) is 2.99. The van der Waals surface area contributed by atoms with E-state index >= 15 is 0 Å². The van der Waals surface area contributed by atoms with Crippen LogP contribution in [-0.2, 0) is 14.3 Å². The molecule has 3 aliphatic carbocycles. The van der Waals surface area contributed by atoms with E-state index in [-0.39, 0.29) is 24.3 Å². The lowest BCUT2D eigenvalue weighted by molar-refractivity contribution is -0.160. The van der Waals surface area contributed by atoms with Crippen molar-refractivity contribution >= 4 is 18.0 Å². The lowest BCUT2D eigenvalue weighted by Crippen LogP contribution is -2.63. The second-order valence-electron chi connectivity index (χ2n) is 10.3. The van der Waals surface area contributed by atoms with Crippen molar-refractivity contribution in [2.75, 3.05) is 13.2 Å². The average Bonchev–Trinajstić information content (AvgIpc) is 3.58. The summed E-state index contributed by atoms with van der Waals surface area (Å²) in [5.41, 5.74) is 2.39. The molecule has 2 N–H and O–H groups in total. The first kappa shape index (κ1) is 21.2. The van der Waals surface area contributed by atoms with Crippen molar-refractivity contribution in [2.45, 2.75) is 55.5 Å². The number of benzene rings is 2. The molecule has 2 aromatic rings. The van der Waals surface area contributed by atoms with Gasteiger partial charge in [0.15, 0.2) is 0 Å². The van der Waals surface area contributed by atoms with Gasteiger partial charge in [0, 0.05) is 12.5 Å². The van der Waals surface area contributed by atoms with E-state index in [1.807, 2.05) is 24.3 Å². The third-order valence-corrected chi connectivity index (χ3v) is 8.40. The molecule has 2 aromatic carbocycles. The normalized spacial score (nSPS) is 25.9. The number of amides is 2. The van der Waals surface area contributed by atoms with Crippen LogP contribution >= 0.6 is 0 Å². The van der Waals surface area contributed by atoms with E-state index in [1.54, 1.807) is 0 Å². The zero-order valence-electron chi connectivity index (χ0n) is 19.0. The van der Waals surface area contributed by atoms with E-state index in [0.29, 0.717) is 32.2 Å². The van der Waals surface area contributed by atoms with Crippen LogP contribution in [0.15, 0.2) is 48.5 Å². The van der Waals surface area contributed by atoms with Gasteiger partial charge < -0.3 is 20.1 Å². The number of carbonyl (C=O) groups is 3. The minimum atomic E-state index is -1.10. The van der Waals surface area contributed by atoms with Gasteiger partial charge in [-0.1, -0.05) is 61.4 Å². The lowest BCUT2D eigenvalue weighted by atomic mass is 9.73. The van der Waals surface area contributed by atoms with E-state index in [2.05, 4.69) is 29.6 Å². The number of nitrogens with zero attached hydrogens (tertiary/aromatic N) is 1. The van der Waals surface area contributed by atoms with E-state index < -0.39 is 23.1 Å². The van der Waals surface area contributed by atoms with Crippen LogP contribution in [0.2, 0.25) is 0 Å². The summed E-state index contributed by atoms with van der Waals surface area (Å²) in [6.45, 7) is 0.633. The molecule has 176 valence electrons. The smallest absolute Gasteiger partial charge is 0.408 e. The maximum atomic E-state index is 13.6. The summed E-state index contributed by atoms with van der Waals surface area (Å²) >= 11 is 0. The average molecular weight is 461 g/mol. The minimum absolute atomic E-state index is 0.0607. The third-order valence-electron chi connectivity index (χ3n) is 8.40. The Balaban J connectivity index is 1.18. The maximum absolute atomic E-state index is 13.6. The second-order valence-corrected chi connectivity index (χ2v) is 10.3. The molecule has 7 heteroatoms. The fourth-order valence-electron chi connectivity index (χ4n) is 6.70. The van der Waals surface area contributed by atoms with Crippen molar-refractivity contribution in [3.8, 4) is 11.1 Å². The van der Waals surface area contributed by atoms with Crippen LogP contribution < -0.4 is 5.32 Å². The van der Waals surface area contributed by atoms with Crippen LogP contribution in [0.25, 0.3) is 11.1 Å². The van der Waals surface area contributed by atoms with Crippen LogP contribution in [0.1, 0.15) is 55.6 Å². The van der Waals surface area contributed by atoms with Crippen LogP contribution in [0.3, 0.4) is 0 Å². The van der Waals surface area contributed by atoms with Crippen LogP contribution in [0, 0.1) is 5.92 Å². The van der Waals surface area contributed by atoms with Crippen molar-refractivity contribution in [3.63, 3.8) is 0 Å². The minimum Gasteiger partial charge on any atom is -0.479 e. The monoisotopic (exact) mass is 460 g/mol. The molecule has 2 saturated heterocycles.